The SMILES string of the molecule is Cc1cc2c(c3oc(=O)c(C(=O)c4ccccc4)cc13)C=CC(C)(C)O2. The zero-order chi connectivity index (χ0) is 18.5. The van der Waals surface area contributed by atoms with Crippen LogP contribution in [0.15, 0.2) is 57.8 Å². The van der Waals surface area contributed by atoms with Crippen LogP contribution in [0, 0.1) is 6.92 Å². The molecule has 0 unspecified atom stereocenters. The summed E-state index contributed by atoms with van der Waals surface area (Å²) in [5.74, 6) is 0.332. The molecule has 2 aromatic carbocycles. The zero-order valence-electron chi connectivity index (χ0n) is 14.8. The predicted octanol–water partition coefficient (Wildman–Crippen LogP) is 4.52. The fourth-order valence-corrected chi connectivity index (χ4v) is 3.18. The molecule has 4 rings (SSSR count). The third kappa shape index (κ3) is 2.64. The summed E-state index contributed by atoms with van der Waals surface area (Å²) >= 11 is 0. The molecule has 0 N–H and O–H groups in total. The second kappa shape index (κ2) is 5.70. The zero-order valence-corrected chi connectivity index (χ0v) is 14.8. The van der Waals surface area contributed by atoms with Crippen LogP contribution in [0.3, 0.4) is 0 Å². The van der Waals surface area contributed by atoms with Crippen LogP contribution in [0.1, 0.15) is 40.9 Å². The van der Waals surface area contributed by atoms with E-state index < -0.39 is 11.2 Å². The van der Waals surface area contributed by atoms with Crippen LogP contribution in [0.25, 0.3) is 17.0 Å². The molecule has 0 saturated heterocycles. The van der Waals surface area contributed by atoms with Gasteiger partial charge in [0.1, 0.15) is 22.5 Å². The van der Waals surface area contributed by atoms with E-state index in [2.05, 4.69) is 0 Å². The van der Waals surface area contributed by atoms with Gasteiger partial charge in [-0.15, -0.1) is 0 Å². The van der Waals surface area contributed by atoms with Gasteiger partial charge in [-0.3, -0.25) is 4.79 Å². The van der Waals surface area contributed by atoms with Gasteiger partial charge in [-0.1, -0.05) is 30.3 Å². The van der Waals surface area contributed by atoms with Crippen LogP contribution in [0.5, 0.6) is 5.75 Å². The molecule has 1 aliphatic heterocycles. The first-order valence-electron chi connectivity index (χ1n) is 8.45. The Bertz CT molecular complexity index is 1120. The number of ketones is 1. The fraction of sp³-hybridized carbons (Fsp3) is 0.182. The molecule has 4 heteroatoms. The first-order valence-corrected chi connectivity index (χ1v) is 8.45. The lowest BCUT2D eigenvalue weighted by Crippen LogP contribution is -2.27. The molecule has 26 heavy (non-hydrogen) atoms. The van der Waals surface area contributed by atoms with E-state index in [0.29, 0.717) is 16.9 Å². The van der Waals surface area contributed by atoms with Gasteiger partial charge in [0.15, 0.2) is 5.78 Å². The lowest BCUT2D eigenvalue weighted by molar-refractivity contribution is 0.103. The summed E-state index contributed by atoms with van der Waals surface area (Å²) in [6.45, 7) is 5.83. The minimum Gasteiger partial charge on any atom is -0.483 e. The highest BCUT2D eigenvalue weighted by molar-refractivity contribution is 6.10. The van der Waals surface area contributed by atoms with Crippen LogP contribution in [0.4, 0.5) is 0 Å². The molecule has 0 bridgehead atoms. The Morgan fingerprint density at radius 3 is 2.54 bits per heavy atom. The molecule has 130 valence electrons. The highest BCUT2D eigenvalue weighted by atomic mass is 16.5. The van der Waals surface area contributed by atoms with Gasteiger partial charge >= 0.3 is 5.63 Å². The maximum absolute atomic E-state index is 12.7. The van der Waals surface area contributed by atoms with Crippen LogP contribution >= 0.6 is 0 Å². The Morgan fingerprint density at radius 1 is 1.08 bits per heavy atom. The standard InChI is InChI=1S/C22H18O4/c1-13-11-18-15(9-10-22(2,3)26-18)20-16(13)12-17(21(24)25-20)19(23)14-7-5-4-6-8-14/h4-12H,1-3H3. The minimum atomic E-state index is -0.641. The molecule has 1 aliphatic rings. The van der Waals surface area contributed by atoms with Crippen molar-refractivity contribution in [3.05, 3.63) is 81.2 Å². The van der Waals surface area contributed by atoms with Gasteiger partial charge < -0.3 is 9.15 Å². The molecule has 1 aromatic heterocycles. The van der Waals surface area contributed by atoms with Crippen molar-refractivity contribution < 1.29 is 13.9 Å². The van der Waals surface area contributed by atoms with Crippen molar-refractivity contribution in [1.82, 2.24) is 0 Å². The molecular formula is C22H18O4. The van der Waals surface area contributed by atoms with Gasteiger partial charge in [0.05, 0.1) is 5.56 Å². The molecule has 0 amide bonds. The first kappa shape index (κ1) is 16.3. The number of carbonyl (C=O) groups excluding carboxylic acids is 1. The number of hydrogen-bond acceptors (Lipinski definition) is 4. The number of aryl methyl sites for hydroxylation is 1. The average Bonchev–Trinajstić information content (AvgIpc) is 2.60. The van der Waals surface area contributed by atoms with Gasteiger partial charge in [-0.2, -0.15) is 0 Å². The first-order chi connectivity index (χ1) is 12.4. The van der Waals surface area contributed by atoms with Crippen LogP contribution in [0.2, 0.25) is 0 Å². The molecule has 0 radical (unpaired) electrons. The van der Waals surface area contributed by atoms with Gasteiger partial charge in [0.2, 0.25) is 0 Å². The maximum atomic E-state index is 12.7. The molecule has 0 saturated carbocycles. The van der Waals surface area contributed by atoms with E-state index >= 15 is 0 Å². The van der Waals surface area contributed by atoms with E-state index in [1.165, 1.54) is 0 Å². The quantitative estimate of drug-likeness (QED) is 0.506. The van der Waals surface area contributed by atoms with Crippen molar-refractivity contribution in [3.8, 4) is 5.75 Å². The van der Waals surface area contributed by atoms with E-state index in [1.54, 1.807) is 30.3 Å². The average molecular weight is 346 g/mol. The summed E-state index contributed by atoms with van der Waals surface area (Å²) in [4.78, 5) is 25.2. The number of benzene rings is 2. The summed E-state index contributed by atoms with van der Waals surface area (Å²) in [5, 5.41) is 0.732. The number of hydrogen-bond donors (Lipinski definition) is 0. The van der Waals surface area contributed by atoms with Crippen LogP contribution in [-0.2, 0) is 0 Å². The van der Waals surface area contributed by atoms with E-state index in [-0.39, 0.29) is 11.3 Å². The Balaban J connectivity index is 1.93. The van der Waals surface area contributed by atoms with E-state index in [0.717, 1.165) is 16.5 Å². The van der Waals surface area contributed by atoms with Crippen LogP contribution in [-0.4, -0.2) is 11.4 Å². The smallest absolute Gasteiger partial charge is 0.347 e. The Morgan fingerprint density at radius 2 is 1.81 bits per heavy atom. The topological polar surface area (TPSA) is 56.5 Å². The maximum Gasteiger partial charge on any atom is 0.347 e. The van der Waals surface area contributed by atoms with E-state index in [9.17, 15) is 9.59 Å². The van der Waals surface area contributed by atoms with Crippen molar-refractivity contribution in [2.75, 3.05) is 0 Å². The van der Waals surface area contributed by atoms with Crippen LogP contribution < -0.4 is 10.4 Å². The highest BCUT2D eigenvalue weighted by Crippen LogP contribution is 2.37. The number of ether oxygens (including phenoxy) is 1. The van der Waals surface area contributed by atoms with Gasteiger partial charge in [-0.05, 0) is 50.6 Å². The molecule has 4 nitrogen and oxygen atoms in total. The summed E-state index contributed by atoms with van der Waals surface area (Å²) in [5.41, 5.74) is 1.49. The highest BCUT2D eigenvalue weighted by Gasteiger charge is 2.26. The molecule has 0 aliphatic carbocycles. The second-order valence-corrected chi connectivity index (χ2v) is 7.03. The normalized spacial score (nSPS) is 14.7. The van der Waals surface area contributed by atoms with Gasteiger partial charge in [0.25, 0.3) is 0 Å². The lowest BCUT2D eigenvalue weighted by atomic mass is 9.96. The third-order valence-electron chi connectivity index (χ3n) is 4.54. The molecule has 0 spiro atoms. The Hall–Kier alpha value is -3.14. The monoisotopic (exact) mass is 346 g/mol. The number of carbonyl (C=O) groups is 1. The molecule has 0 atom stereocenters. The molecular weight excluding hydrogens is 328 g/mol. The van der Waals surface area contributed by atoms with Crippen molar-refractivity contribution >= 4 is 22.8 Å². The molecule has 0 fully saturated rings. The van der Waals surface area contributed by atoms with E-state index in [4.69, 9.17) is 9.15 Å². The summed E-state index contributed by atoms with van der Waals surface area (Å²) in [7, 11) is 0. The minimum absolute atomic E-state index is 0.0350. The molecule has 3 aromatic rings. The number of rotatable bonds is 2. The van der Waals surface area contributed by atoms with E-state index in [1.807, 2.05) is 45.1 Å². The predicted molar refractivity (Wildman–Crippen MR) is 101 cm³/mol. The summed E-state index contributed by atoms with van der Waals surface area (Å²) < 4.78 is 11.6. The Labute approximate surface area is 150 Å². The van der Waals surface area contributed by atoms with Crippen molar-refractivity contribution in [3.63, 3.8) is 0 Å². The lowest BCUT2D eigenvalue weighted by Gasteiger charge is -2.28. The van der Waals surface area contributed by atoms with Crippen molar-refractivity contribution in [1.29, 1.82) is 0 Å². The summed E-state index contributed by atoms with van der Waals surface area (Å²) in [6.07, 6.45) is 3.83. The second-order valence-electron chi connectivity index (χ2n) is 7.03. The van der Waals surface area contributed by atoms with Gasteiger partial charge in [0, 0.05) is 10.9 Å². The van der Waals surface area contributed by atoms with Gasteiger partial charge in [-0.25, -0.2) is 4.79 Å². The third-order valence-corrected chi connectivity index (χ3v) is 4.54. The summed E-state index contributed by atoms with van der Waals surface area (Å²) in [6, 6.07) is 12.3. The Kier molecular flexibility index (Phi) is 3.58. The van der Waals surface area contributed by atoms with Crippen molar-refractivity contribution in [2.45, 2.75) is 26.4 Å². The molecule has 2 heterocycles. The fourth-order valence-electron chi connectivity index (χ4n) is 3.18. The number of fused-ring (bicyclic) bond motifs is 3. The van der Waals surface area contributed by atoms with Crippen molar-refractivity contribution in [2.24, 2.45) is 0 Å². The largest absolute Gasteiger partial charge is 0.483 e.